The molecule has 5 nitrogen and oxygen atoms in total. The molecule has 0 aliphatic carbocycles. The maximum Gasteiger partial charge on any atom is 0.224 e. The normalized spacial score (nSPS) is 19.7. The highest BCUT2D eigenvalue weighted by atomic mass is 16.5. The number of carbonyl (C=O) groups is 2. The van der Waals surface area contributed by atoms with E-state index in [0.29, 0.717) is 13.0 Å². The summed E-state index contributed by atoms with van der Waals surface area (Å²) in [5.41, 5.74) is 1.05. The number of piperidine rings is 1. The molecule has 1 aliphatic heterocycles. The van der Waals surface area contributed by atoms with E-state index in [1.54, 1.807) is 19.1 Å². The molecular weight excluding hydrogens is 280 g/mol. The van der Waals surface area contributed by atoms with Crippen molar-refractivity contribution in [3.05, 3.63) is 29.8 Å². The van der Waals surface area contributed by atoms with Crippen molar-refractivity contribution in [2.75, 3.05) is 20.7 Å². The smallest absolute Gasteiger partial charge is 0.224 e. The fourth-order valence-corrected chi connectivity index (χ4v) is 2.71. The molecule has 120 valence electrons. The van der Waals surface area contributed by atoms with Crippen molar-refractivity contribution in [2.24, 2.45) is 5.92 Å². The van der Waals surface area contributed by atoms with Gasteiger partial charge in [0.15, 0.2) is 0 Å². The van der Waals surface area contributed by atoms with E-state index >= 15 is 0 Å². The molecule has 1 saturated heterocycles. The van der Waals surface area contributed by atoms with Crippen LogP contribution >= 0.6 is 0 Å². The summed E-state index contributed by atoms with van der Waals surface area (Å²) in [6.07, 6.45) is 1.84. The van der Waals surface area contributed by atoms with Crippen LogP contribution in [0, 0.1) is 5.92 Å². The predicted molar refractivity (Wildman–Crippen MR) is 84.5 cm³/mol. The molecule has 0 saturated carbocycles. The first-order valence-corrected chi connectivity index (χ1v) is 7.73. The highest BCUT2D eigenvalue weighted by Gasteiger charge is 2.29. The number of amides is 2. The van der Waals surface area contributed by atoms with Crippen LogP contribution in [-0.2, 0) is 9.59 Å². The van der Waals surface area contributed by atoms with Crippen LogP contribution in [0.1, 0.15) is 37.8 Å². The number of carbonyl (C=O) groups excluding carboxylic acids is 2. The van der Waals surface area contributed by atoms with Gasteiger partial charge in [0.2, 0.25) is 11.8 Å². The minimum atomic E-state index is -0.212. The Morgan fingerprint density at radius 2 is 2.09 bits per heavy atom. The van der Waals surface area contributed by atoms with Crippen LogP contribution in [0.5, 0.6) is 5.75 Å². The molecule has 1 fully saturated rings. The first kappa shape index (κ1) is 16.3. The SMILES string of the molecule is CC[C@H](NC(=O)[C@@H]1CCN(C)C(=O)C1)c1ccc(OC)cc1. The highest BCUT2D eigenvalue weighted by molar-refractivity contribution is 5.87. The second-order valence-electron chi connectivity index (χ2n) is 5.75. The lowest BCUT2D eigenvalue weighted by atomic mass is 9.94. The Labute approximate surface area is 131 Å². The zero-order chi connectivity index (χ0) is 16.1. The molecule has 0 radical (unpaired) electrons. The van der Waals surface area contributed by atoms with Gasteiger partial charge in [-0.25, -0.2) is 0 Å². The molecule has 0 spiro atoms. The average Bonchev–Trinajstić information content (AvgIpc) is 2.55. The number of methoxy groups -OCH3 is 1. The molecule has 1 N–H and O–H groups in total. The number of nitrogens with one attached hydrogen (secondary N) is 1. The van der Waals surface area contributed by atoms with Gasteiger partial charge in [0.05, 0.1) is 13.2 Å². The van der Waals surface area contributed by atoms with Gasteiger partial charge in [-0.3, -0.25) is 9.59 Å². The number of ether oxygens (including phenoxy) is 1. The van der Waals surface area contributed by atoms with Crippen LogP contribution < -0.4 is 10.1 Å². The van der Waals surface area contributed by atoms with Crippen molar-refractivity contribution >= 4 is 11.8 Å². The Bertz CT molecular complexity index is 527. The summed E-state index contributed by atoms with van der Waals surface area (Å²) in [4.78, 5) is 25.8. The first-order chi connectivity index (χ1) is 10.5. The molecule has 1 aromatic carbocycles. The topological polar surface area (TPSA) is 58.6 Å². The summed E-state index contributed by atoms with van der Waals surface area (Å²) in [6.45, 7) is 2.69. The molecular formula is C17H24N2O3. The van der Waals surface area contributed by atoms with Gasteiger partial charge in [-0.05, 0) is 30.5 Å². The van der Waals surface area contributed by atoms with Crippen LogP contribution in [0.15, 0.2) is 24.3 Å². The molecule has 0 bridgehead atoms. The highest BCUT2D eigenvalue weighted by Crippen LogP contribution is 2.23. The zero-order valence-electron chi connectivity index (χ0n) is 13.5. The Balaban J connectivity index is 1.99. The summed E-state index contributed by atoms with van der Waals surface area (Å²) in [5, 5.41) is 3.08. The molecule has 0 aromatic heterocycles. The van der Waals surface area contributed by atoms with E-state index in [0.717, 1.165) is 24.2 Å². The van der Waals surface area contributed by atoms with E-state index in [9.17, 15) is 9.59 Å². The third kappa shape index (κ3) is 3.78. The molecule has 1 aliphatic rings. The first-order valence-electron chi connectivity index (χ1n) is 7.73. The lowest BCUT2D eigenvalue weighted by Gasteiger charge is -2.29. The van der Waals surface area contributed by atoms with Crippen LogP contribution in [0.25, 0.3) is 0 Å². The monoisotopic (exact) mass is 304 g/mol. The van der Waals surface area contributed by atoms with Gasteiger partial charge in [-0.2, -0.15) is 0 Å². The Kier molecular flexibility index (Phi) is 5.41. The number of hydrogen-bond donors (Lipinski definition) is 1. The predicted octanol–water partition coefficient (Wildman–Crippen LogP) is 2.13. The number of likely N-dealkylation sites (tertiary alicyclic amines) is 1. The second-order valence-corrected chi connectivity index (χ2v) is 5.75. The van der Waals surface area contributed by atoms with Crippen LogP contribution in [-0.4, -0.2) is 37.4 Å². The number of rotatable bonds is 5. The molecule has 2 atom stereocenters. The summed E-state index contributed by atoms with van der Waals surface area (Å²) >= 11 is 0. The molecule has 22 heavy (non-hydrogen) atoms. The van der Waals surface area contributed by atoms with Crippen molar-refractivity contribution in [1.82, 2.24) is 10.2 Å². The number of benzene rings is 1. The number of nitrogens with zero attached hydrogens (tertiary/aromatic N) is 1. The fourth-order valence-electron chi connectivity index (χ4n) is 2.71. The minimum absolute atomic E-state index is 0.0240. The third-order valence-corrected chi connectivity index (χ3v) is 4.27. The van der Waals surface area contributed by atoms with Crippen molar-refractivity contribution < 1.29 is 14.3 Å². The Morgan fingerprint density at radius 3 is 2.64 bits per heavy atom. The van der Waals surface area contributed by atoms with Gasteiger partial charge in [-0.15, -0.1) is 0 Å². The summed E-state index contributed by atoms with van der Waals surface area (Å²) in [5.74, 6) is 0.606. The molecule has 1 heterocycles. The maximum atomic E-state index is 12.4. The maximum absolute atomic E-state index is 12.4. The Hall–Kier alpha value is -2.04. The Morgan fingerprint density at radius 1 is 1.41 bits per heavy atom. The van der Waals surface area contributed by atoms with Gasteiger partial charge in [0, 0.05) is 25.9 Å². The second kappa shape index (κ2) is 7.29. The van der Waals surface area contributed by atoms with Gasteiger partial charge in [-0.1, -0.05) is 19.1 Å². The summed E-state index contributed by atoms with van der Waals surface area (Å²) in [6, 6.07) is 7.68. The largest absolute Gasteiger partial charge is 0.497 e. The minimum Gasteiger partial charge on any atom is -0.497 e. The lowest BCUT2D eigenvalue weighted by Crippen LogP contribution is -2.42. The van der Waals surface area contributed by atoms with Crippen molar-refractivity contribution in [3.63, 3.8) is 0 Å². The van der Waals surface area contributed by atoms with Crippen LogP contribution in [0.3, 0.4) is 0 Å². The fraction of sp³-hybridized carbons (Fsp3) is 0.529. The standard InChI is InChI=1S/C17H24N2O3/c1-4-15(12-5-7-14(22-3)8-6-12)18-17(21)13-9-10-19(2)16(20)11-13/h5-8,13,15H,4,9-11H2,1-3H3,(H,18,21)/t13-,15+/m1/s1. The van der Waals surface area contributed by atoms with Gasteiger partial charge in [0.1, 0.15) is 5.75 Å². The average molecular weight is 304 g/mol. The van der Waals surface area contributed by atoms with Gasteiger partial charge >= 0.3 is 0 Å². The zero-order valence-corrected chi connectivity index (χ0v) is 13.5. The van der Waals surface area contributed by atoms with E-state index in [1.165, 1.54) is 0 Å². The molecule has 5 heteroatoms. The molecule has 2 rings (SSSR count). The number of hydrogen-bond acceptors (Lipinski definition) is 3. The summed E-state index contributed by atoms with van der Waals surface area (Å²) in [7, 11) is 3.41. The van der Waals surface area contributed by atoms with Crippen LogP contribution in [0.2, 0.25) is 0 Å². The van der Waals surface area contributed by atoms with E-state index in [1.807, 2.05) is 31.2 Å². The van der Waals surface area contributed by atoms with Crippen molar-refractivity contribution in [2.45, 2.75) is 32.2 Å². The van der Waals surface area contributed by atoms with Crippen LogP contribution in [0.4, 0.5) is 0 Å². The summed E-state index contributed by atoms with van der Waals surface area (Å²) < 4.78 is 5.15. The van der Waals surface area contributed by atoms with Gasteiger partial charge < -0.3 is 15.0 Å². The van der Waals surface area contributed by atoms with Crippen molar-refractivity contribution in [1.29, 1.82) is 0 Å². The van der Waals surface area contributed by atoms with Gasteiger partial charge in [0.25, 0.3) is 0 Å². The van der Waals surface area contributed by atoms with E-state index in [-0.39, 0.29) is 23.8 Å². The van der Waals surface area contributed by atoms with E-state index in [2.05, 4.69) is 5.32 Å². The molecule has 1 aromatic rings. The third-order valence-electron chi connectivity index (χ3n) is 4.27. The lowest BCUT2D eigenvalue weighted by molar-refractivity contribution is -0.139. The molecule has 2 amide bonds. The van der Waals surface area contributed by atoms with E-state index in [4.69, 9.17) is 4.74 Å². The quantitative estimate of drug-likeness (QED) is 0.906. The van der Waals surface area contributed by atoms with E-state index < -0.39 is 0 Å². The van der Waals surface area contributed by atoms with Crippen molar-refractivity contribution in [3.8, 4) is 5.75 Å². The molecule has 0 unspecified atom stereocenters.